The van der Waals surface area contributed by atoms with Gasteiger partial charge in [-0.3, -0.25) is 4.40 Å². The molecule has 14 heavy (non-hydrogen) atoms. The quantitative estimate of drug-likeness (QED) is 0.830. The van der Waals surface area contributed by atoms with Crippen LogP contribution in [0.3, 0.4) is 0 Å². The van der Waals surface area contributed by atoms with Crippen molar-refractivity contribution in [1.29, 1.82) is 0 Å². The first kappa shape index (κ1) is 9.61. The number of rotatable bonds is 3. The molecule has 2 aromatic heterocycles. The molecule has 4 nitrogen and oxygen atoms in total. The average Bonchev–Trinajstić information content (AvgIpc) is 2.67. The minimum absolute atomic E-state index is 0.705. The van der Waals surface area contributed by atoms with Gasteiger partial charge in [0, 0.05) is 17.0 Å². The summed E-state index contributed by atoms with van der Waals surface area (Å²) in [5, 5.41) is 8.31. The van der Waals surface area contributed by atoms with Gasteiger partial charge in [-0.05, 0) is 26.8 Å². The van der Waals surface area contributed by atoms with E-state index in [1.54, 1.807) is 11.3 Å². The van der Waals surface area contributed by atoms with Crippen molar-refractivity contribution in [3.8, 4) is 0 Å². The second-order valence-corrected chi connectivity index (χ2v) is 4.55. The zero-order chi connectivity index (χ0) is 10.1. The molecule has 0 saturated carbocycles. The number of hydrogen-bond donors (Lipinski definition) is 1. The summed E-state index contributed by atoms with van der Waals surface area (Å²) >= 11 is 1.69. The summed E-state index contributed by atoms with van der Waals surface area (Å²) < 4.78 is 2.13. The molecule has 0 saturated heterocycles. The molecule has 0 atom stereocenters. The second-order valence-electron chi connectivity index (χ2n) is 3.37. The fraction of sp³-hybridized carbons (Fsp3) is 0.556. The Labute approximate surface area is 86.8 Å². The molecule has 5 heteroatoms. The van der Waals surface area contributed by atoms with E-state index >= 15 is 0 Å². The van der Waals surface area contributed by atoms with E-state index in [9.17, 15) is 0 Å². The Bertz CT molecular complexity index is 443. The van der Waals surface area contributed by atoms with Crippen LogP contribution in [0.2, 0.25) is 0 Å². The Hall–Kier alpha value is -0.940. The monoisotopic (exact) mass is 210 g/mol. The third-order valence-electron chi connectivity index (χ3n) is 2.39. The fourth-order valence-electron chi connectivity index (χ4n) is 1.49. The fourth-order valence-corrected chi connectivity index (χ4v) is 2.42. The number of nitrogens with zero attached hydrogens (tertiary/aromatic N) is 3. The van der Waals surface area contributed by atoms with Gasteiger partial charge < -0.3 is 5.73 Å². The molecule has 0 unspecified atom stereocenters. The van der Waals surface area contributed by atoms with Crippen molar-refractivity contribution < 1.29 is 0 Å². The number of hydrogen-bond acceptors (Lipinski definition) is 4. The number of fused-ring (bicyclic) bond motifs is 1. The van der Waals surface area contributed by atoms with Gasteiger partial charge in [-0.2, -0.15) is 0 Å². The number of aryl methyl sites for hydroxylation is 3. The standard InChI is InChI=1S/C9H14N4S/c1-6-7(2)14-9-12-11-8(13(6)9)4-3-5-10/h3-5,10H2,1-2H3. The predicted octanol–water partition coefficient (Wildman–Crippen LogP) is 1.30. The Balaban J connectivity index is 2.44. The van der Waals surface area contributed by atoms with Crippen LogP contribution < -0.4 is 5.73 Å². The molecule has 0 spiro atoms. The van der Waals surface area contributed by atoms with Crippen molar-refractivity contribution in [1.82, 2.24) is 14.6 Å². The van der Waals surface area contributed by atoms with Crippen LogP contribution >= 0.6 is 11.3 Å². The van der Waals surface area contributed by atoms with Gasteiger partial charge >= 0.3 is 0 Å². The number of aromatic nitrogens is 3. The lowest BCUT2D eigenvalue weighted by Crippen LogP contribution is -2.03. The largest absolute Gasteiger partial charge is 0.330 e. The van der Waals surface area contributed by atoms with E-state index in [1.165, 1.54) is 10.6 Å². The van der Waals surface area contributed by atoms with E-state index < -0.39 is 0 Å². The maximum Gasteiger partial charge on any atom is 0.216 e. The lowest BCUT2D eigenvalue weighted by atomic mass is 10.3. The molecule has 2 N–H and O–H groups in total. The summed E-state index contributed by atoms with van der Waals surface area (Å²) in [4.78, 5) is 2.30. The van der Waals surface area contributed by atoms with E-state index in [2.05, 4.69) is 28.4 Å². The zero-order valence-corrected chi connectivity index (χ0v) is 9.27. The van der Waals surface area contributed by atoms with Gasteiger partial charge in [0.15, 0.2) is 0 Å². The molecule has 76 valence electrons. The van der Waals surface area contributed by atoms with Crippen LogP contribution in [0.4, 0.5) is 0 Å². The zero-order valence-electron chi connectivity index (χ0n) is 8.45. The van der Waals surface area contributed by atoms with Crippen molar-refractivity contribution in [2.45, 2.75) is 26.7 Å². The Morgan fingerprint density at radius 1 is 1.36 bits per heavy atom. The van der Waals surface area contributed by atoms with Crippen LogP contribution in [0, 0.1) is 13.8 Å². The smallest absolute Gasteiger partial charge is 0.216 e. The SMILES string of the molecule is Cc1sc2nnc(CCCN)n2c1C. The van der Waals surface area contributed by atoms with Gasteiger partial charge in [0.05, 0.1) is 0 Å². The number of nitrogens with two attached hydrogens (primary N) is 1. The first-order chi connectivity index (χ1) is 6.74. The molecule has 0 aromatic carbocycles. The van der Waals surface area contributed by atoms with E-state index in [4.69, 9.17) is 5.73 Å². The van der Waals surface area contributed by atoms with Crippen molar-refractivity contribution in [2.24, 2.45) is 5.73 Å². The van der Waals surface area contributed by atoms with Crippen LogP contribution in [0.15, 0.2) is 0 Å². The minimum Gasteiger partial charge on any atom is -0.330 e. The van der Waals surface area contributed by atoms with Gasteiger partial charge in [-0.15, -0.1) is 10.2 Å². The molecule has 0 aliphatic heterocycles. The van der Waals surface area contributed by atoms with Gasteiger partial charge in [-0.25, -0.2) is 0 Å². The molecule has 2 rings (SSSR count). The van der Waals surface area contributed by atoms with Crippen LogP contribution in [-0.2, 0) is 6.42 Å². The van der Waals surface area contributed by atoms with Crippen molar-refractivity contribution in [2.75, 3.05) is 6.54 Å². The van der Waals surface area contributed by atoms with E-state index in [0.29, 0.717) is 6.54 Å². The highest BCUT2D eigenvalue weighted by Gasteiger charge is 2.11. The van der Waals surface area contributed by atoms with Gasteiger partial charge in [-0.1, -0.05) is 11.3 Å². The molecule has 0 bridgehead atoms. The lowest BCUT2D eigenvalue weighted by molar-refractivity contribution is 0.765. The average molecular weight is 210 g/mol. The third kappa shape index (κ3) is 1.42. The highest BCUT2D eigenvalue weighted by molar-refractivity contribution is 7.17. The molecular weight excluding hydrogens is 196 g/mol. The number of thiazole rings is 1. The van der Waals surface area contributed by atoms with Crippen molar-refractivity contribution in [3.05, 3.63) is 16.4 Å². The summed E-state index contributed by atoms with van der Waals surface area (Å²) in [6.07, 6.45) is 1.88. The molecule has 0 amide bonds. The molecule has 0 radical (unpaired) electrons. The predicted molar refractivity (Wildman–Crippen MR) is 57.7 cm³/mol. The first-order valence-corrected chi connectivity index (χ1v) is 5.55. The van der Waals surface area contributed by atoms with E-state index in [1.807, 2.05) is 0 Å². The normalized spacial score (nSPS) is 11.4. The first-order valence-electron chi connectivity index (χ1n) is 4.74. The van der Waals surface area contributed by atoms with Gasteiger partial charge in [0.2, 0.25) is 4.96 Å². The van der Waals surface area contributed by atoms with Crippen LogP contribution in [0.25, 0.3) is 4.96 Å². The maximum atomic E-state index is 5.48. The molecular formula is C9H14N4S. The summed E-state index contributed by atoms with van der Waals surface area (Å²) in [5.74, 6) is 1.03. The van der Waals surface area contributed by atoms with E-state index in [-0.39, 0.29) is 0 Å². The lowest BCUT2D eigenvalue weighted by Gasteiger charge is -1.97. The summed E-state index contributed by atoms with van der Waals surface area (Å²) in [7, 11) is 0. The highest BCUT2D eigenvalue weighted by atomic mass is 32.1. The Kier molecular flexibility index (Phi) is 2.52. The minimum atomic E-state index is 0.705. The molecule has 0 aliphatic carbocycles. The van der Waals surface area contributed by atoms with Crippen molar-refractivity contribution in [3.63, 3.8) is 0 Å². The Morgan fingerprint density at radius 2 is 2.14 bits per heavy atom. The molecule has 2 heterocycles. The summed E-state index contributed by atoms with van der Waals surface area (Å²) in [6, 6.07) is 0. The van der Waals surface area contributed by atoms with E-state index in [0.717, 1.165) is 23.6 Å². The van der Waals surface area contributed by atoms with Gasteiger partial charge in [0.1, 0.15) is 5.82 Å². The summed E-state index contributed by atoms with van der Waals surface area (Å²) in [5.41, 5.74) is 6.73. The third-order valence-corrected chi connectivity index (χ3v) is 3.44. The van der Waals surface area contributed by atoms with Crippen LogP contribution in [-0.4, -0.2) is 21.1 Å². The second kappa shape index (κ2) is 3.67. The topological polar surface area (TPSA) is 56.2 Å². The maximum absolute atomic E-state index is 5.48. The van der Waals surface area contributed by atoms with Gasteiger partial charge in [0.25, 0.3) is 0 Å². The highest BCUT2D eigenvalue weighted by Crippen LogP contribution is 2.21. The van der Waals surface area contributed by atoms with Crippen LogP contribution in [0.1, 0.15) is 22.8 Å². The Morgan fingerprint density at radius 3 is 2.86 bits per heavy atom. The molecule has 0 fully saturated rings. The summed E-state index contributed by atoms with van der Waals surface area (Å²) in [6.45, 7) is 4.92. The molecule has 0 aliphatic rings. The van der Waals surface area contributed by atoms with Crippen LogP contribution in [0.5, 0.6) is 0 Å². The van der Waals surface area contributed by atoms with Crippen molar-refractivity contribution >= 4 is 16.3 Å². The molecule has 2 aromatic rings.